The summed E-state index contributed by atoms with van der Waals surface area (Å²) in [5.41, 5.74) is 2.36. The highest BCUT2D eigenvalue weighted by molar-refractivity contribution is 6.20. The SMILES string of the molecule is CN1C(=O)C(NC(=O)CCc2ccc(C(F)(F)F)cc2)N=C(c2ccoc2)c2ccccc21. The summed E-state index contributed by atoms with van der Waals surface area (Å²) in [6.45, 7) is 0. The lowest BCUT2D eigenvalue weighted by Crippen LogP contribution is -2.46. The van der Waals surface area contributed by atoms with Crippen LogP contribution in [0.4, 0.5) is 18.9 Å². The highest BCUT2D eigenvalue weighted by Crippen LogP contribution is 2.29. The predicted molar refractivity (Wildman–Crippen MR) is 116 cm³/mol. The number of carbonyl (C=O) groups excluding carboxylic acids is 2. The fraction of sp³-hybridized carbons (Fsp3) is 0.208. The maximum absolute atomic E-state index is 13.0. The standard InChI is InChI=1S/C24H20F3N3O3/c1-30-19-5-3-2-4-18(19)21(16-12-13-33-14-16)29-22(23(30)32)28-20(31)11-8-15-6-9-17(10-7-15)24(25,26)27/h2-7,9-10,12-14,22H,8,11H2,1H3,(H,28,31). The van der Waals surface area contributed by atoms with Crippen LogP contribution in [0.15, 0.2) is 76.5 Å². The van der Waals surface area contributed by atoms with Crippen molar-refractivity contribution >= 4 is 23.2 Å². The van der Waals surface area contributed by atoms with Crippen molar-refractivity contribution in [1.29, 1.82) is 0 Å². The van der Waals surface area contributed by atoms with Gasteiger partial charge in [0.05, 0.1) is 29.5 Å². The number of para-hydroxylation sites is 1. The van der Waals surface area contributed by atoms with Crippen LogP contribution in [-0.4, -0.2) is 30.7 Å². The molecule has 0 aliphatic carbocycles. The molecule has 170 valence electrons. The van der Waals surface area contributed by atoms with Gasteiger partial charge in [-0.25, -0.2) is 4.99 Å². The minimum absolute atomic E-state index is 0.0115. The number of nitrogens with one attached hydrogen (secondary N) is 1. The fourth-order valence-corrected chi connectivity index (χ4v) is 3.59. The molecule has 0 bridgehead atoms. The van der Waals surface area contributed by atoms with Crippen LogP contribution in [0, 0.1) is 0 Å². The summed E-state index contributed by atoms with van der Waals surface area (Å²) in [5.74, 6) is -0.855. The van der Waals surface area contributed by atoms with E-state index >= 15 is 0 Å². The summed E-state index contributed by atoms with van der Waals surface area (Å²) in [7, 11) is 1.61. The van der Waals surface area contributed by atoms with Gasteiger partial charge in [-0.1, -0.05) is 30.3 Å². The van der Waals surface area contributed by atoms with Crippen LogP contribution in [0.2, 0.25) is 0 Å². The molecule has 2 aromatic carbocycles. The third kappa shape index (κ3) is 4.82. The number of alkyl halides is 3. The number of aryl methyl sites for hydroxylation is 1. The molecule has 2 amide bonds. The highest BCUT2D eigenvalue weighted by atomic mass is 19.4. The number of benzene rings is 2. The molecule has 1 aromatic heterocycles. The number of benzodiazepines with no additional fused rings is 1. The van der Waals surface area contributed by atoms with E-state index in [2.05, 4.69) is 10.3 Å². The van der Waals surface area contributed by atoms with E-state index < -0.39 is 29.7 Å². The molecule has 33 heavy (non-hydrogen) atoms. The Morgan fingerprint density at radius 1 is 1.12 bits per heavy atom. The predicted octanol–water partition coefficient (Wildman–Crippen LogP) is 4.19. The van der Waals surface area contributed by atoms with E-state index in [1.165, 1.54) is 29.6 Å². The zero-order valence-electron chi connectivity index (χ0n) is 17.6. The number of carbonyl (C=O) groups is 2. The number of nitrogens with zero attached hydrogens (tertiary/aromatic N) is 2. The molecule has 4 rings (SSSR count). The number of hydrogen-bond acceptors (Lipinski definition) is 4. The number of rotatable bonds is 5. The monoisotopic (exact) mass is 455 g/mol. The topological polar surface area (TPSA) is 74.9 Å². The number of aliphatic imine (C=N–C) groups is 1. The van der Waals surface area contributed by atoms with Crippen molar-refractivity contribution in [1.82, 2.24) is 5.32 Å². The maximum Gasteiger partial charge on any atom is 0.416 e. The number of likely N-dealkylation sites (N-methyl/N-ethyl adjacent to an activating group) is 1. The number of fused-ring (bicyclic) bond motifs is 1. The largest absolute Gasteiger partial charge is 0.472 e. The number of amides is 2. The van der Waals surface area contributed by atoms with Gasteiger partial charge in [-0.2, -0.15) is 13.2 Å². The van der Waals surface area contributed by atoms with E-state index in [9.17, 15) is 22.8 Å². The third-order valence-corrected chi connectivity index (χ3v) is 5.36. The number of halogens is 3. The van der Waals surface area contributed by atoms with E-state index in [1.54, 1.807) is 25.2 Å². The molecule has 1 unspecified atom stereocenters. The lowest BCUT2D eigenvalue weighted by Gasteiger charge is -2.20. The zero-order valence-corrected chi connectivity index (χ0v) is 17.6. The minimum atomic E-state index is -4.41. The average molecular weight is 455 g/mol. The summed E-state index contributed by atoms with van der Waals surface area (Å²) in [6, 6.07) is 13.6. The first-order valence-electron chi connectivity index (χ1n) is 10.2. The molecule has 1 aliphatic rings. The fourth-order valence-electron chi connectivity index (χ4n) is 3.59. The van der Waals surface area contributed by atoms with E-state index in [1.807, 2.05) is 12.1 Å². The summed E-state index contributed by atoms with van der Waals surface area (Å²) in [6.07, 6.45) is -2.36. The first kappa shape index (κ1) is 22.3. The average Bonchev–Trinajstić information content (AvgIpc) is 3.31. The van der Waals surface area contributed by atoms with Crippen molar-refractivity contribution < 1.29 is 27.2 Å². The first-order valence-corrected chi connectivity index (χ1v) is 10.2. The van der Waals surface area contributed by atoms with E-state index in [-0.39, 0.29) is 12.8 Å². The molecule has 0 fully saturated rings. The van der Waals surface area contributed by atoms with Gasteiger partial charge in [0.1, 0.15) is 0 Å². The van der Waals surface area contributed by atoms with Crippen molar-refractivity contribution in [3.63, 3.8) is 0 Å². The summed E-state index contributed by atoms with van der Waals surface area (Å²) in [5, 5.41) is 2.64. The Bertz CT molecular complexity index is 1190. The van der Waals surface area contributed by atoms with Crippen molar-refractivity contribution in [2.45, 2.75) is 25.2 Å². The van der Waals surface area contributed by atoms with Gasteiger partial charge in [-0.05, 0) is 36.2 Å². The van der Waals surface area contributed by atoms with Crippen LogP contribution in [0.5, 0.6) is 0 Å². The quantitative estimate of drug-likeness (QED) is 0.627. The summed E-state index contributed by atoms with van der Waals surface area (Å²) in [4.78, 5) is 31.6. The van der Waals surface area contributed by atoms with Crippen molar-refractivity contribution in [2.24, 2.45) is 4.99 Å². The van der Waals surface area contributed by atoms with E-state index in [0.717, 1.165) is 17.7 Å². The molecule has 0 saturated carbocycles. The lowest BCUT2D eigenvalue weighted by atomic mass is 10.0. The molecule has 6 nitrogen and oxygen atoms in total. The smallest absolute Gasteiger partial charge is 0.416 e. The Hall–Kier alpha value is -3.88. The Labute approximate surface area is 187 Å². The van der Waals surface area contributed by atoms with Crippen LogP contribution < -0.4 is 10.2 Å². The first-order chi connectivity index (χ1) is 15.7. The maximum atomic E-state index is 13.0. The van der Waals surface area contributed by atoms with Gasteiger partial charge in [0.2, 0.25) is 12.1 Å². The Kier molecular flexibility index (Phi) is 6.04. The third-order valence-electron chi connectivity index (χ3n) is 5.36. The molecular weight excluding hydrogens is 435 g/mol. The summed E-state index contributed by atoms with van der Waals surface area (Å²) >= 11 is 0. The molecule has 1 atom stereocenters. The van der Waals surface area contributed by atoms with Gasteiger partial charge in [0, 0.05) is 24.6 Å². The number of hydrogen-bond donors (Lipinski definition) is 1. The second kappa shape index (κ2) is 8.93. The Morgan fingerprint density at radius 2 is 1.85 bits per heavy atom. The molecule has 0 radical (unpaired) electrons. The highest BCUT2D eigenvalue weighted by Gasteiger charge is 2.31. The molecule has 1 aliphatic heterocycles. The number of anilines is 1. The molecule has 0 saturated heterocycles. The number of furan rings is 1. The van der Waals surface area contributed by atoms with E-state index in [4.69, 9.17) is 4.42 Å². The van der Waals surface area contributed by atoms with Crippen LogP contribution >= 0.6 is 0 Å². The van der Waals surface area contributed by atoms with Crippen molar-refractivity contribution in [3.8, 4) is 0 Å². The van der Waals surface area contributed by atoms with E-state index in [0.29, 0.717) is 22.5 Å². The van der Waals surface area contributed by atoms with Crippen molar-refractivity contribution in [3.05, 3.63) is 89.4 Å². The lowest BCUT2D eigenvalue weighted by molar-refractivity contribution is -0.137. The normalized spacial score (nSPS) is 16.1. The van der Waals surface area contributed by atoms with Gasteiger partial charge < -0.3 is 14.6 Å². The molecule has 3 aromatic rings. The molecule has 0 spiro atoms. The van der Waals surface area contributed by atoms with Gasteiger partial charge >= 0.3 is 6.18 Å². The molecule has 1 N–H and O–H groups in total. The molecular formula is C24H20F3N3O3. The zero-order chi connectivity index (χ0) is 23.6. The summed E-state index contributed by atoms with van der Waals surface area (Å²) < 4.78 is 43.3. The minimum Gasteiger partial charge on any atom is -0.472 e. The molecule has 9 heteroatoms. The second-order valence-corrected chi connectivity index (χ2v) is 7.57. The second-order valence-electron chi connectivity index (χ2n) is 7.57. The van der Waals surface area contributed by atoms with Gasteiger partial charge in [0.15, 0.2) is 0 Å². The van der Waals surface area contributed by atoms with Crippen molar-refractivity contribution in [2.75, 3.05) is 11.9 Å². The van der Waals surface area contributed by atoms with Gasteiger partial charge in [-0.15, -0.1) is 0 Å². The Balaban J connectivity index is 1.51. The van der Waals surface area contributed by atoms with Crippen LogP contribution in [-0.2, 0) is 22.2 Å². The van der Waals surface area contributed by atoms with Gasteiger partial charge in [0.25, 0.3) is 5.91 Å². The molecule has 2 heterocycles. The van der Waals surface area contributed by atoms with Crippen LogP contribution in [0.25, 0.3) is 0 Å². The Morgan fingerprint density at radius 3 is 2.52 bits per heavy atom. The van der Waals surface area contributed by atoms with Crippen LogP contribution in [0.1, 0.15) is 28.7 Å². The van der Waals surface area contributed by atoms with Gasteiger partial charge in [-0.3, -0.25) is 9.59 Å². The van der Waals surface area contributed by atoms with Crippen LogP contribution in [0.3, 0.4) is 0 Å².